The van der Waals surface area contributed by atoms with Gasteiger partial charge in [0.05, 0.1) is 30.0 Å². The van der Waals surface area contributed by atoms with Gasteiger partial charge in [-0.05, 0) is 49.4 Å². The Morgan fingerprint density at radius 2 is 1.87 bits per heavy atom. The van der Waals surface area contributed by atoms with E-state index in [9.17, 15) is 4.79 Å². The molecule has 2 aromatic heterocycles. The predicted octanol–water partition coefficient (Wildman–Crippen LogP) is 5.30. The highest BCUT2D eigenvalue weighted by Crippen LogP contribution is 2.39. The van der Waals surface area contributed by atoms with Gasteiger partial charge >= 0.3 is 6.03 Å². The van der Waals surface area contributed by atoms with Crippen LogP contribution >= 0.6 is 11.6 Å². The SMILES string of the molecule is CCOc1cc2c(cn1)CN(c1ccc3nn(C)cc3c1)C(=O)N2c1ccc(Cl)cc1. The number of aromatic nitrogens is 3. The van der Waals surface area contributed by atoms with Crippen LogP contribution < -0.4 is 14.5 Å². The number of amides is 2. The summed E-state index contributed by atoms with van der Waals surface area (Å²) in [6.45, 7) is 2.81. The summed E-state index contributed by atoms with van der Waals surface area (Å²) in [5.74, 6) is 0.484. The number of halogens is 1. The van der Waals surface area contributed by atoms with E-state index in [1.807, 2.05) is 56.6 Å². The van der Waals surface area contributed by atoms with Gasteiger partial charge in [0.25, 0.3) is 0 Å². The van der Waals surface area contributed by atoms with Gasteiger partial charge in [0, 0.05) is 47.2 Å². The number of hydrogen-bond acceptors (Lipinski definition) is 4. The first kappa shape index (κ1) is 19.4. The molecule has 0 saturated carbocycles. The van der Waals surface area contributed by atoms with E-state index in [1.54, 1.807) is 32.8 Å². The van der Waals surface area contributed by atoms with Crippen LogP contribution in [0.5, 0.6) is 5.88 Å². The average Bonchev–Trinajstić information content (AvgIpc) is 3.14. The molecule has 2 aromatic carbocycles. The highest BCUT2D eigenvalue weighted by atomic mass is 35.5. The van der Waals surface area contributed by atoms with Crippen molar-refractivity contribution in [3.63, 3.8) is 0 Å². The quantitative estimate of drug-likeness (QED) is 0.438. The van der Waals surface area contributed by atoms with E-state index in [0.717, 1.165) is 33.5 Å². The van der Waals surface area contributed by atoms with Crippen molar-refractivity contribution in [2.75, 3.05) is 16.4 Å². The lowest BCUT2D eigenvalue weighted by Gasteiger charge is -2.37. The van der Waals surface area contributed by atoms with Crippen molar-refractivity contribution in [3.8, 4) is 5.88 Å². The molecule has 8 heteroatoms. The maximum absolute atomic E-state index is 13.7. The van der Waals surface area contributed by atoms with Gasteiger partial charge in [0.2, 0.25) is 5.88 Å². The molecule has 0 aliphatic carbocycles. The molecule has 0 bridgehead atoms. The van der Waals surface area contributed by atoms with Gasteiger partial charge in [-0.1, -0.05) is 11.6 Å². The molecule has 0 atom stereocenters. The highest BCUT2D eigenvalue weighted by Gasteiger charge is 2.33. The molecule has 0 spiro atoms. The number of anilines is 3. The van der Waals surface area contributed by atoms with Crippen molar-refractivity contribution in [1.29, 1.82) is 0 Å². The van der Waals surface area contributed by atoms with E-state index in [-0.39, 0.29) is 6.03 Å². The zero-order chi connectivity index (χ0) is 21.5. The molecule has 1 aliphatic rings. The Morgan fingerprint density at radius 3 is 2.65 bits per heavy atom. The lowest BCUT2D eigenvalue weighted by Crippen LogP contribution is -2.45. The van der Waals surface area contributed by atoms with Crippen molar-refractivity contribution >= 4 is 45.6 Å². The Balaban J connectivity index is 1.63. The molecule has 4 aromatic rings. The average molecular weight is 434 g/mol. The van der Waals surface area contributed by atoms with Crippen LogP contribution in [0.1, 0.15) is 12.5 Å². The van der Waals surface area contributed by atoms with Crippen molar-refractivity contribution in [3.05, 3.63) is 71.5 Å². The van der Waals surface area contributed by atoms with E-state index in [0.29, 0.717) is 24.1 Å². The molecule has 2 amide bonds. The van der Waals surface area contributed by atoms with Gasteiger partial charge in [-0.3, -0.25) is 14.5 Å². The molecule has 0 saturated heterocycles. The van der Waals surface area contributed by atoms with Crippen molar-refractivity contribution in [1.82, 2.24) is 14.8 Å². The van der Waals surface area contributed by atoms with Crippen molar-refractivity contribution in [2.24, 2.45) is 7.05 Å². The molecule has 7 nitrogen and oxygen atoms in total. The summed E-state index contributed by atoms with van der Waals surface area (Å²) in [4.78, 5) is 21.5. The molecule has 3 heterocycles. The first-order chi connectivity index (χ1) is 15.0. The molecule has 5 rings (SSSR count). The van der Waals surface area contributed by atoms with E-state index >= 15 is 0 Å². The first-order valence-corrected chi connectivity index (χ1v) is 10.3. The molecule has 0 fully saturated rings. The topological polar surface area (TPSA) is 63.5 Å². The van der Waals surface area contributed by atoms with Crippen LogP contribution in [0.4, 0.5) is 21.9 Å². The highest BCUT2D eigenvalue weighted by molar-refractivity contribution is 6.30. The lowest BCUT2D eigenvalue weighted by molar-refractivity contribution is 0.252. The normalized spacial score (nSPS) is 13.6. The fourth-order valence-electron chi connectivity index (χ4n) is 3.82. The summed E-state index contributed by atoms with van der Waals surface area (Å²) in [6.07, 6.45) is 3.71. The molecular formula is C23H20ClN5O2. The minimum absolute atomic E-state index is 0.160. The second-order valence-electron chi connectivity index (χ2n) is 7.31. The van der Waals surface area contributed by atoms with Crippen LogP contribution in [0.2, 0.25) is 5.02 Å². The van der Waals surface area contributed by atoms with Crippen LogP contribution in [-0.2, 0) is 13.6 Å². The van der Waals surface area contributed by atoms with E-state index in [2.05, 4.69) is 10.1 Å². The van der Waals surface area contributed by atoms with Crippen LogP contribution in [-0.4, -0.2) is 27.4 Å². The first-order valence-electron chi connectivity index (χ1n) is 9.96. The molecular weight excluding hydrogens is 414 g/mol. The van der Waals surface area contributed by atoms with E-state index < -0.39 is 0 Å². The number of rotatable bonds is 4. The summed E-state index contributed by atoms with van der Waals surface area (Å²) in [5.41, 5.74) is 4.07. The zero-order valence-electron chi connectivity index (χ0n) is 17.1. The monoisotopic (exact) mass is 433 g/mol. The minimum atomic E-state index is -0.160. The summed E-state index contributed by atoms with van der Waals surface area (Å²) >= 11 is 6.08. The van der Waals surface area contributed by atoms with Gasteiger partial charge < -0.3 is 4.74 Å². The number of ether oxygens (including phenoxy) is 1. The summed E-state index contributed by atoms with van der Waals surface area (Å²) in [6, 6.07) is 14.7. The number of aryl methyl sites for hydroxylation is 1. The van der Waals surface area contributed by atoms with E-state index in [1.165, 1.54) is 0 Å². The molecule has 0 N–H and O–H groups in total. The number of carbonyl (C=O) groups is 1. The maximum atomic E-state index is 13.7. The predicted molar refractivity (Wildman–Crippen MR) is 121 cm³/mol. The van der Waals surface area contributed by atoms with Gasteiger partial charge in [-0.2, -0.15) is 5.10 Å². The lowest BCUT2D eigenvalue weighted by atomic mass is 10.1. The fraction of sp³-hybridized carbons (Fsp3) is 0.174. The van der Waals surface area contributed by atoms with Gasteiger partial charge in [-0.25, -0.2) is 9.78 Å². The maximum Gasteiger partial charge on any atom is 0.333 e. The fourth-order valence-corrected chi connectivity index (χ4v) is 3.94. The Bertz CT molecular complexity index is 1290. The standard InChI is InChI=1S/C23H20ClN5O2/c1-3-31-22-11-21-16(12-25-22)14-28(19-8-9-20-15(10-19)13-27(2)26-20)23(30)29(21)18-6-4-17(24)5-7-18/h4-13H,3,14H2,1-2H3. The number of carbonyl (C=O) groups excluding carboxylic acids is 1. The van der Waals surface area contributed by atoms with Crippen LogP contribution in [0.15, 0.2) is 60.9 Å². The van der Waals surface area contributed by atoms with Gasteiger partial charge in [-0.15, -0.1) is 0 Å². The summed E-state index contributed by atoms with van der Waals surface area (Å²) in [7, 11) is 1.88. The third-order valence-electron chi connectivity index (χ3n) is 5.22. The van der Waals surface area contributed by atoms with Gasteiger partial charge in [0.1, 0.15) is 0 Å². The number of urea groups is 1. The third kappa shape index (κ3) is 3.47. The molecule has 0 unspecified atom stereocenters. The summed E-state index contributed by atoms with van der Waals surface area (Å²) in [5, 5.41) is 6.00. The molecule has 156 valence electrons. The number of pyridine rings is 1. The van der Waals surface area contributed by atoms with Crippen molar-refractivity contribution in [2.45, 2.75) is 13.5 Å². The number of nitrogens with zero attached hydrogens (tertiary/aromatic N) is 5. The minimum Gasteiger partial charge on any atom is -0.478 e. The van der Waals surface area contributed by atoms with E-state index in [4.69, 9.17) is 16.3 Å². The van der Waals surface area contributed by atoms with Gasteiger partial charge in [0.15, 0.2) is 0 Å². The third-order valence-corrected chi connectivity index (χ3v) is 5.47. The largest absolute Gasteiger partial charge is 0.478 e. The smallest absolute Gasteiger partial charge is 0.333 e. The van der Waals surface area contributed by atoms with Crippen LogP contribution in [0.3, 0.4) is 0 Å². The Labute approximate surface area is 184 Å². The van der Waals surface area contributed by atoms with Crippen LogP contribution in [0.25, 0.3) is 10.9 Å². The Kier molecular flexibility index (Phi) is 4.75. The summed E-state index contributed by atoms with van der Waals surface area (Å²) < 4.78 is 7.34. The second kappa shape index (κ2) is 7.59. The molecule has 0 radical (unpaired) electrons. The number of fused-ring (bicyclic) bond motifs is 2. The molecule has 31 heavy (non-hydrogen) atoms. The number of benzene rings is 2. The molecule has 1 aliphatic heterocycles. The Hall–Kier alpha value is -3.58. The van der Waals surface area contributed by atoms with Crippen molar-refractivity contribution < 1.29 is 9.53 Å². The van der Waals surface area contributed by atoms with Crippen LogP contribution in [0, 0.1) is 0 Å². The second-order valence-corrected chi connectivity index (χ2v) is 7.75. The Morgan fingerprint density at radius 1 is 1.10 bits per heavy atom. The number of hydrogen-bond donors (Lipinski definition) is 0. The zero-order valence-corrected chi connectivity index (χ0v) is 17.9.